The highest BCUT2D eigenvalue weighted by molar-refractivity contribution is 7.14. The van der Waals surface area contributed by atoms with Gasteiger partial charge in [0.25, 0.3) is 5.91 Å². The van der Waals surface area contributed by atoms with Crippen molar-refractivity contribution in [1.82, 2.24) is 0 Å². The van der Waals surface area contributed by atoms with E-state index in [1.165, 1.54) is 11.3 Å². The van der Waals surface area contributed by atoms with Gasteiger partial charge in [-0.15, -0.1) is 11.3 Å². The zero-order valence-corrected chi connectivity index (χ0v) is 11.7. The molecule has 0 saturated carbocycles. The summed E-state index contributed by atoms with van der Waals surface area (Å²) in [6.07, 6.45) is -0.240. The van der Waals surface area contributed by atoms with E-state index < -0.39 is 11.5 Å². The number of hydrogen-bond acceptors (Lipinski definition) is 4. The molecule has 0 unspecified atom stereocenters. The maximum Gasteiger partial charge on any atom is 0.261 e. The van der Waals surface area contributed by atoms with Gasteiger partial charge in [0.05, 0.1) is 11.3 Å². The summed E-state index contributed by atoms with van der Waals surface area (Å²) < 4.78 is 0. The molecule has 1 amide bonds. The number of fused-ring (bicyclic) bond motifs is 1. The van der Waals surface area contributed by atoms with Crippen LogP contribution in [0.15, 0.2) is 36.4 Å². The average molecular weight is 287 g/mol. The fourth-order valence-corrected chi connectivity index (χ4v) is 3.19. The summed E-state index contributed by atoms with van der Waals surface area (Å²) in [6.45, 7) is 1.91. The van der Waals surface area contributed by atoms with E-state index >= 15 is 0 Å². The lowest BCUT2D eigenvalue weighted by Crippen LogP contribution is -2.36. The van der Waals surface area contributed by atoms with Gasteiger partial charge in [-0.3, -0.25) is 9.59 Å². The van der Waals surface area contributed by atoms with Crippen LogP contribution in [0.5, 0.6) is 0 Å². The summed E-state index contributed by atoms with van der Waals surface area (Å²) in [4.78, 5) is 25.8. The van der Waals surface area contributed by atoms with Crippen molar-refractivity contribution in [3.63, 3.8) is 0 Å². The number of thiophene rings is 1. The molecular formula is C15H13NO3S. The number of ketones is 1. The number of aryl methyl sites for hydroxylation is 1. The van der Waals surface area contributed by atoms with Gasteiger partial charge in [-0.2, -0.15) is 0 Å². The van der Waals surface area contributed by atoms with Crippen molar-refractivity contribution in [2.75, 3.05) is 5.32 Å². The standard InChI is InChI=1S/C15H13NO3S/c1-9-6-7-13(20-9)12(17)8-15(19)10-4-2-3-5-11(10)16-14(15)18/h2-7,19H,8H2,1H3,(H,16,18)/t15-/m0/s1. The highest BCUT2D eigenvalue weighted by Crippen LogP contribution is 2.39. The molecule has 1 atom stereocenters. The predicted molar refractivity (Wildman–Crippen MR) is 77.0 cm³/mol. The highest BCUT2D eigenvalue weighted by atomic mass is 32.1. The van der Waals surface area contributed by atoms with E-state index in [2.05, 4.69) is 5.32 Å². The van der Waals surface area contributed by atoms with E-state index in [1.54, 1.807) is 30.3 Å². The molecule has 0 radical (unpaired) electrons. The molecule has 2 aromatic rings. The van der Waals surface area contributed by atoms with Gasteiger partial charge in [0.2, 0.25) is 0 Å². The monoisotopic (exact) mass is 287 g/mol. The first kappa shape index (κ1) is 13.0. The smallest absolute Gasteiger partial charge is 0.261 e. The van der Waals surface area contributed by atoms with Crippen molar-refractivity contribution >= 4 is 28.7 Å². The molecule has 0 aliphatic carbocycles. The predicted octanol–water partition coefficient (Wildman–Crippen LogP) is 2.47. The number of hydrogen-bond donors (Lipinski definition) is 2. The van der Waals surface area contributed by atoms with E-state index in [0.29, 0.717) is 16.1 Å². The van der Waals surface area contributed by atoms with Gasteiger partial charge in [-0.25, -0.2) is 0 Å². The maximum atomic E-state index is 12.2. The fraction of sp³-hybridized carbons (Fsp3) is 0.200. The molecule has 1 aliphatic heterocycles. The third kappa shape index (κ3) is 1.95. The van der Waals surface area contributed by atoms with Crippen LogP contribution < -0.4 is 5.32 Å². The summed E-state index contributed by atoms with van der Waals surface area (Å²) in [6, 6.07) is 10.5. The molecule has 1 aromatic carbocycles. The Morgan fingerprint density at radius 1 is 1.30 bits per heavy atom. The number of carbonyl (C=O) groups is 2. The lowest BCUT2D eigenvalue weighted by atomic mass is 9.89. The molecule has 3 rings (SSSR count). The Hall–Kier alpha value is -1.98. The van der Waals surface area contributed by atoms with Crippen molar-refractivity contribution in [3.8, 4) is 0 Å². The van der Waals surface area contributed by atoms with Crippen LogP contribution in [0.4, 0.5) is 5.69 Å². The molecule has 2 N–H and O–H groups in total. The first-order chi connectivity index (χ1) is 9.50. The van der Waals surface area contributed by atoms with Crippen LogP contribution in [0.3, 0.4) is 0 Å². The minimum Gasteiger partial charge on any atom is -0.375 e. The minimum absolute atomic E-state index is 0.225. The summed E-state index contributed by atoms with van der Waals surface area (Å²) in [7, 11) is 0. The highest BCUT2D eigenvalue weighted by Gasteiger charge is 2.46. The number of Topliss-reactive ketones (excluding diaryl/α,β-unsaturated/α-hetero) is 1. The second kappa shape index (κ2) is 4.54. The van der Waals surface area contributed by atoms with E-state index in [1.807, 2.05) is 13.0 Å². The Labute approximate surface area is 120 Å². The summed E-state index contributed by atoms with van der Waals surface area (Å²) in [5, 5.41) is 13.2. The van der Waals surface area contributed by atoms with Gasteiger partial charge in [0.15, 0.2) is 11.4 Å². The zero-order valence-electron chi connectivity index (χ0n) is 10.8. The van der Waals surface area contributed by atoms with Crippen LogP contribution >= 0.6 is 11.3 Å². The van der Waals surface area contributed by atoms with Gasteiger partial charge in [0, 0.05) is 16.1 Å². The Morgan fingerprint density at radius 3 is 2.75 bits per heavy atom. The summed E-state index contributed by atoms with van der Waals surface area (Å²) >= 11 is 1.37. The van der Waals surface area contributed by atoms with E-state index in [0.717, 1.165) is 4.88 Å². The molecule has 1 aliphatic rings. The van der Waals surface area contributed by atoms with E-state index in [9.17, 15) is 14.7 Å². The second-order valence-electron chi connectivity index (χ2n) is 4.87. The number of aliphatic hydroxyl groups is 1. The molecule has 102 valence electrons. The van der Waals surface area contributed by atoms with Gasteiger partial charge in [0.1, 0.15) is 0 Å². The first-order valence-corrected chi connectivity index (χ1v) is 7.05. The van der Waals surface area contributed by atoms with Gasteiger partial charge in [-0.1, -0.05) is 18.2 Å². The van der Waals surface area contributed by atoms with E-state index in [-0.39, 0.29) is 12.2 Å². The topological polar surface area (TPSA) is 66.4 Å². The van der Waals surface area contributed by atoms with Crippen LogP contribution in [0.1, 0.15) is 26.5 Å². The van der Waals surface area contributed by atoms with Gasteiger partial charge >= 0.3 is 0 Å². The van der Waals surface area contributed by atoms with Crippen LogP contribution in [-0.4, -0.2) is 16.8 Å². The molecule has 0 fully saturated rings. The first-order valence-electron chi connectivity index (χ1n) is 6.24. The molecule has 5 heteroatoms. The van der Waals surface area contributed by atoms with E-state index in [4.69, 9.17) is 0 Å². The number of nitrogens with one attached hydrogen (secondary N) is 1. The lowest BCUT2D eigenvalue weighted by molar-refractivity contribution is -0.133. The Bertz CT molecular complexity index is 707. The molecule has 0 saturated heterocycles. The maximum absolute atomic E-state index is 12.2. The third-order valence-electron chi connectivity index (χ3n) is 3.43. The molecule has 20 heavy (non-hydrogen) atoms. The Kier molecular flexibility index (Phi) is 2.96. The number of amides is 1. The van der Waals surface area contributed by atoms with Crippen LogP contribution in [0.25, 0.3) is 0 Å². The Morgan fingerprint density at radius 2 is 2.05 bits per heavy atom. The zero-order chi connectivity index (χ0) is 14.3. The summed E-state index contributed by atoms with van der Waals surface area (Å²) in [5.74, 6) is -0.766. The van der Waals surface area contributed by atoms with Crippen molar-refractivity contribution in [2.45, 2.75) is 18.9 Å². The minimum atomic E-state index is -1.77. The number of anilines is 1. The molecule has 1 aromatic heterocycles. The number of carbonyl (C=O) groups excluding carboxylic acids is 2. The molecule has 0 bridgehead atoms. The molecule has 2 heterocycles. The van der Waals surface area contributed by atoms with Gasteiger partial charge in [-0.05, 0) is 25.1 Å². The number of benzene rings is 1. The second-order valence-corrected chi connectivity index (χ2v) is 6.16. The van der Waals surface area contributed by atoms with Crippen molar-refractivity contribution in [3.05, 3.63) is 51.7 Å². The molecule has 4 nitrogen and oxygen atoms in total. The van der Waals surface area contributed by atoms with Crippen LogP contribution in [0.2, 0.25) is 0 Å². The lowest BCUT2D eigenvalue weighted by Gasteiger charge is -2.19. The largest absolute Gasteiger partial charge is 0.375 e. The normalized spacial score (nSPS) is 20.6. The van der Waals surface area contributed by atoms with Crippen LogP contribution in [-0.2, 0) is 10.4 Å². The van der Waals surface area contributed by atoms with Crippen LogP contribution in [0, 0.1) is 6.92 Å². The molecular weight excluding hydrogens is 274 g/mol. The summed E-state index contributed by atoms with van der Waals surface area (Å²) in [5.41, 5.74) is -0.743. The SMILES string of the molecule is Cc1ccc(C(=O)C[C@@]2(O)C(=O)Nc3ccccc32)s1. The van der Waals surface area contributed by atoms with Crippen molar-refractivity contribution in [1.29, 1.82) is 0 Å². The number of para-hydroxylation sites is 1. The Balaban J connectivity index is 1.93. The van der Waals surface area contributed by atoms with Crippen molar-refractivity contribution < 1.29 is 14.7 Å². The number of rotatable bonds is 3. The average Bonchev–Trinajstić information content (AvgIpc) is 2.94. The third-order valence-corrected chi connectivity index (χ3v) is 4.47. The van der Waals surface area contributed by atoms with Crippen molar-refractivity contribution in [2.24, 2.45) is 0 Å². The fourth-order valence-electron chi connectivity index (χ4n) is 2.38. The quantitative estimate of drug-likeness (QED) is 0.852. The molecule has 0 spiro atoms. The van der Waals surface area contributed by atoms with Gasteiger partial charge < -0.3 is 10.4 Å².